The van der Waals surface area contributed by atoms with Gasteiger partial charge in [0.25, 0.3) is 0 Å². The second-order valence-corrected chi connectivity index (χ2v) is 4.84. The standard InChI is InChI=1S/C14H21ClFN/c1-4-10(3)11(9-17-5-2)14-12(15)7-6-8-13(14)16/h6-8,10-11,17H,4-5,9H2,1-3H3. The van der Waals surface area contributed by atoms with E-state index in [0.717, 1.165) is 19.5 Å². The van der Waals surface area contributed by atoms with E-state index in [-0.39, 0.29) is 11.7 Å². The van der Waals surface area contributed by atoms with Gasteiger partial charge in [-0.1, -0.05) is 44.9 Å². The van der Waals surface area contributed by atoms with Gasteiger partial charge in [-0.25, -0.2) is 4.39 Å². The Kier molecular flexibility index (Phi) is 5.93. The zero-order chi connectivity index (χ0) is 12.8. The molecule has 17 heavy (non-hydrogen) atoms. The Labute approximate surface area is 108 Å². The zero-order valence-corrected chi connectivity index (χ0v) is 11.5. The average Bonchev–Trinajstić information content (AvgIpc) is 2.32. The maximum atomic E-state index is 13.9. The van der Waals surface area contributed by atoms with Crippen molar-refractivity contribution in [2.45, 2.75) is 33.1 Å². The van der Waals surface area contributed by atoms with E-state index in [1.165, 1.54) is 6.07 Å². The number of hydrogen-bond donors (Lipinski definition) is 1. The Bertz CT molecular complexity index is 334. The minimum Gasteiger partial charge on any atom is -0.316 e. The minimum absolute atomic E-state index is 0.133. The zero-order valence-electron chi connectivity index (χ0n) is 10.8. The van der Waals surface area contributed by atoms with Gasteiger partial charge in [0.2, 0.25) is 0 Å². The van der Waals surface area contributed by atoms with E-state index >= 15 is 0 Å². The lowest BCUT2D eigenvalue weighted by atomic mass is 9.85. The highest BCUT2D eigenvalue weighted by Crippen LogP contribution is 2.33. The summed E-state index contributed by atoms with van der Waals surface area (Å²) >= 11 is 6.14. The molecule has 1 aromatic carbocycles. The molecule has 1 nitrogen and oxygen atoms in total. The molecule has 0 aliphatic carbocycles. The van der Waals surface area contributed by atoms with Gasteiger partial charge in [-0.3, -0.25) is 0 Å². The van der Waals surface area contributed by atoms with Gasteiger partial charge in [-0.2, -0.15) is 0 Å². The summed E-state index contributed by atoms with van der Waals surface area (Å²) in [4.78, 5) is 0. The third kappa shape index (κ3) is 3.68. The summed E-state index contributed by atoms with van der Waals surface area (Å²) in [5, 5.41) is 3.83. The fourth-order valence-corrected chi connectivity index (χ4v) is 2.34. The lowest BCUT2D eigenvalue weighted by Crippen LogP contribution is -2.26. The van der Waals surface area contributed by atoms with Crippen LogP contribution in [0.1, 0.15) is 38.7 Å². The van der Waals surface area contributed by atoms with Gasteiger partial charge in [0.05, 0.1) is 0 Å². The number of halogens is 2. The number of rotatable bonds is 6. The smallest absolute Gasteiger partial charge is 0.128 e. The Morgan fingerprint density at radius 3 is 2.59 bits per heavy atom. The normalized spacial score (nSPS) is 14.6. The highest BCUT2D eigenvalue weighted by molar-refractivity contribution is 6.31. The monoisotopic (exact) mass is 257 g/mol. The quantitative estimate of drug-likeness (QED) is 0.805. The average molecular weight is 258 g/mol. The van der Waals surface area contributed by atoms with Crippen LogP contribution in [0.25, 0.3) is 0 Å². The van der Waals surface area contributed by atoms with Crippen molar-refractivity contribution in [3.8, 4) is 0 Å². The van der Waals surface area contributed by atoms with E-state index in [0.29, 0.717) is 16.5 Å². The van der Waals surface area contributed by atoms with Crippen molar-refractivity contribution in [2.75, 3.05) is 13.1 Å². The molecule has 1 rings (SSSR count). The maximum Gasteiger partial charge on any atom is 0.128 e. The highest BCUT2D eigenvalue weighted by atomic mass is 35.5. The second kappa shape index (κ2) is 6.97. The van der Waals surface area contributed by atoms with Crippen LogP contribution in [-0.2, 0) is 0 Å². The Morgan fingerprint density at radius 2 is 2.06 bits per heavy atom. The molecule has 0 radical (unpaired) electrons. The predicted molar refractivity (Wildman–Crippen MR) is 72.1 cm³/mol. The van der Waals surface area contributed by atoms with Crippen LogP contribution in [-0.4, -0.2) is 13.1 Å². The van der Waals surface area contributed by atoms with Gasteiger partial charge in [0.15, 0.2) is 0 Å². The number of nitrogens with one attached hydrogen (secondary N) is 1. The molecule has 2 atom stereocenters. The molecule has 1 N–H and O–H groups in total. The molecule has 0 spiro atoms. The molecule has 3 heteroatoms. The van der Waals surface area contributed by atoms with Gasteiger partial charge in [-0.15, -0.1) is 0 Å². The highest BCUT2D eigenvalue weighted by Gasteiger charge is 2.23. The first-order chi connectivity index (χ1) is 8.11. The fourth-order valence-electron chi connectivity index (χ4n) is 2.04. The molecule has 0 aliphatic heterocycles. The molecule has 0 heterocycles. The summed E-state index contributed by atoms with van der Waals surface area (Å²) in [7, 11) is 0. The van der Waals surface area contributed by atoms with E-state index < -0.39 is 0 Å². The van der Waals surface area contributed by atoms with Gasteiger partial charge >= 0.3 is 0 Å². The molecule has 2 unspecified atom stereocenters. The van der Waals surface area contributed by atoms with Crippen LogP contribution in [0.15, 0.2) is 18.2 Å². The van der Waals surface area contributed by atoms with Crippen LogP contribution in [0, 0.1) is 11.7 Å². The number of benzene rings is 1. The van der Waals surface area contributed by atoms with Crippen molar-refractivity contribution in [3.63, 3.8) is 0 Å². The molecule has 0 amide bonds. The van der Waals surface area contributed by atoms with Crippen molar-refractivity contribution in [1.29, 1.82) is 0 Å². The second-order valence-electron chi connectivity index (χ2n) is 4.44. The summed E-state index contributed by atoms with van der Waals surface area (Å²) in [6, 6.07) is 4.91. The van der Waals surface area contributed by atoms with Crippen LogP contribution >= 0.6 is 11.6 Å². The molecule has 0 saturated carbocycles. The Morgan fingerprint density at radius 1 is 1.35 bits per heavy atom. The summed E-state index contributed by atoms with van der Waals surface area (Å²) in [5.41, 5.74) is 0.657. The van der Waals surface area contributed by atoms with Crippen LogP contribution in [0.5, 0.6) is 0 Å². The molecular weight excluding hydrogens is 237 g/mol. The molecule has 0 fully saturated rings. The molecule has 0 aliphatic rings. The van der Waals surface area contributed by atoms with Gasteiger partial charge < -0.3 is 5.32 Å². The molecular formula is C14H21ClFN. The molecule has 1 aromatic rings. The minimum atomic E-state index is -0.194. The molecule has 96 valence electrons. The van der Waals surface area contributed by atoms with E-state index in [1.54, 1.807) is 12.1 Å². The topological polar surface area (TPSA) is 12.0 Å². The molecule has 0 aromatic heterocycles. The summed E-state index contributed by atoms with van der Waals surface area (Å²) in [5.74, 6) is 0.345. The summed E-state index contributed by atoms with van der Waals surface area (Å²) < 4.78 is 13.9. The summed E-state index contributed by atoms with van der Waals surface area (Å²) in [6.07, 6.45) is 1.01. The van der Waals surface area contributed by atoms with Gasteiger partial charge in [-0.05, 0) is 24.6 Å². The lowest BCUT2D eigenvalue weighted by Gasteiger charge is -2.25. The largest absolute Gasteiger partial charge is 0.316 e. The van der Waals surface area contributed by atoms with Gasteiger partial charge in [0, 0.05) is 23.0 Å². The Balaban J connectivity index is 3.03. The third-order valence-electron chi connectivity index (χ3n) is 3.32. The van der Waals surface area contributed by atoms with Crippen LogP contribution < -0.4 is 5.32 Å². The molecule has 0 saturated heterocycles. The van der Waals surface area contributed by atoms with Crippen molar-refractivity contribution >= 4 is 11.6 Å². The van der Waals surface area contributed by atoms with Crippen LogP contribution in [0.4, 0.5) is 4.39 Å². The third-order valence-corrected chi connectivity index (χ3v) is 3.65. The van der Waals surface area contributed by atoms with Gasteiger partial charge in [0.1, 0.15) is 5.82 Å². The first-order valence-corrected chi connectivity index (χ1v) is 6.64. The fraction of sp³-hybridized carbons (Fsp3) is 0.571. The van der Waals surface area contributed by atoms with Crippen molar-refractivity contribution < 1.29 is 4.39 Å². The maximum absolute atomic E-state index is 13.9. The predicted octanol–water partition coefficient (Wildman–Crippen LogP) is 4.22. The summed E-state index contributed by atoms with van der Waals surface area (Å²) in [6.45, 7) is 7.98. The van der Waals surface area contributed by atoms with Crippen molar-refractivity contribution in [3.05, 3.63) is 34.6 Å². The van der Waals surface area contributed by atoms with E-state index in [4.69, 9.17) is 11.6 Å². The van der Waals surface area contributed by atoms with E-state index in [2.05, 4.69) is 26.1 Å². The van der Waals surface area contributed by atoms with Crippen molar-refractivity contribution in [1.82, 2.24) is 5.32 Å². The lowest BCUT2D eigenvalue weighted by molar-refractivity contribution is 0.411. The van der Waals surface area contributed by atoms with Crippen molar-refractivity contribution in [2.24, 2.45) is 5.92 Å². The van der Waals surface area contributed by atoms with Crippen LogP contribution in [0.2, 0.25) is 5.02 Å². The number of likely N-dealkylation sites (N-methyl/N-ethyl adjacent to an activating group) is 1. The van der Waals surface area contributed by atoms with E-state index in [1.807, 2.05) is 0 Å². The molecule has 0 bridgehead atoms. The first-order valence-electron chi connectivity index (χ1n) is 6.26. The van der Waals surface area contributed by atoms with E-state index in [9.17, 15) is 4.39 Å². The SMILES string of the molecule is CCNCC(c1c(F)cccc1Cl)C(C)CC. The van der Waals surface area contributed by atoms with Crippen LogP contribution in [0.3, 0.4) is 0 Å². The number of hydrogen-bond acceptors (Lipinski definition) is 1. The first kappa shape index (κ1) is 14.5. The Hall–Kier alpha value is -0.600.